The minimum Gasteiger partial charge on any atom is -0.394 e. The second kappa shape index (κ2) is 8.66. The molecule has 6 heteroatoms. The average Bonchev–Trinajstić information content (AvgIpc) is 3.18. The number of fused-ring (bicyclic) bond motifs is 2. The minimum absolute atomic E-state index is 0.0184. The molecule has 1 aliphatic carbocycles. The lowest BCUT2D eigenvalue weighted by Gasteiger charge is -2.29. The summed E-state index contributed by atoms with van der Waals surface area (Å²) in [6, 6.07) is 15.3. The van der Waals surface area contributed by atoms with Crippen LogP contribution in [0.3, 0.4) is 0 Å². The first-order chi connectivity index (χ1) is 14.2. The lowest BCUT2D eigenvalue weighted by Crippen LogP contribution is -2.49. The van der Waals surface area contributed by atoms with Crippen LogP contribution >= 0.6 is 0 Å². The molecule has 3 amide bonds. The standard InChI is InChI=1S/C23H27N3O3/c27-15-21(20-10-9-16-5-1-3-7-18(16)20)25-23(29)24-12-14-26-13-11-17-6-2-4-8-19(17)22(26)28/h1-8,20-21,27H,9-15H2,(H2,24,25,29). The number of hydrogen-bond donors (Lipinski definition) is 3. The molecular weight excluding hydrogens is 366 g/mol. The number of nitrogens with zero attached hydrogens (tertiary/aromatic N) is 1. The molecule has 6 nitrogen and oxygen atoms in total. The Morgan fingerprint density at radius 3 is 2.69 bits per heavy atom. The topological polar surface area (TPSA) is 81.7 Å². The van der Waals surface area contributed by atoms with Gasteiger partial charge in [-0.3, -0.25) is 4.79 Å². The van der Waals surface area contributed by atoms with Gasteiger partial charge in [0.05, 0.1) is 12.6 Å². The van der Waals surface area contributed by atoms with Crippen LogP contribution in [0.5, 0.6) is 0 Å². The molecule has 0 saturated heterocycles. The second-order valence-corrected chi connectivity index (χ2v) is 7.73. The third-order valence-corrected chi connectivity index (χ3v) is 6.03. The summed E-state index contributed by atoms with van der Waals surface area (Å²) in [6.07, 6.45) is 2.73. The zero-order chi connectivity index (χ0) is 20.2. The Morgan fingerprint density at radius 1 is 1.10 bits per heavy atom. The predicted octanol–water partition coefficient (Wildman–Crippen LogP) is 2.07. The van der Waals surface area contributed by atoms with E-state index in [-0.39, 0.29) is 30.5 Å². The van der Waals surface area contributed by atoms with Crippen molar-refractivity contribution in [3.8, 4) is 0 Å². The van der Waals surface area contributed by atoms with E-state index in [1.807, 2.05) is 36.4 Å². The highest BCUT2D eigenvalue weighted by Crippen LogP contribution is 2.35. The van der Waals surface area contributed by atoms with E-state index in [1.54, 1.807) is 4.90 Å². The maximum atomic E-state index is 12.6. The third-order valence-electron chi connectivity index (χ3n) is 6.03. The molecule has 0 saturated carbocycles. The summed E-state index contributed by atoms with van der Waals surface area (Å²) in [7, 11) is 0. The molecule has 0 aromatic heterocycles. The van der Waals surface area contributed by atoms with Gasteiger partial charge in [-0.15, -0.1) is 0 Å². The molecule has 3 N–H and O–H groups in total. The maximum absolute atomic E-state index is 12.6. The van der Waals surface area contributed by atoms with Crippen molar-refractivity contribution in [3.05, 3.63) is 70.8 Å². The van der Waals surface area contributed by atoms with Crippen LogP contribution in [0, 0.1) is 0 Å². The first kappa shape index (κ1) is 19.5. The van der Waals surface area contributed by atoms with Gasteiger partial charge in [-0.05, 0) is 42.0 Å². The number of hydrogen-bond acceptors (Lipinski definition) is 3. The zero-order valence-electron chi connectivity index (χ0n) is 16.4. The molecule has 2 aromatic carbocycles. The Bertz CT molecular complexity index is 898. The highest BCUT2D eigenvalue weighted by molar-refractivity contribution is 5.96. The first-order valence-electron chi connectivity index (χ1n) is 10.3. The van der Waals surface area contributed by atoms with Crippen LogP contribution in [-0.4, -0.2) is 54.2 Å². The van der Waals surface area contributed by atoms with Crippen molar-refractivity contribution < 1.29 is 14.7 Å². The number of nitrogens with one attached hydrogen (secondary N) is 2. The van der Waals surface area contributed by atoms with Crippen molar-refractivity contribution in [1.29, 1.82) is 0 Å². The molecule has 0 radical (unpaired) electrons. The number of carbonyl (C=O) groups excluding carboxylic acids is 2. The van der Waals surface area contributed by atoms with Crippen LogP contribution in [0.1, 0.15) is 39.4 Å². The van der Waals surface area contributed by atoms with Crippen LogP contribution in [0.4, 0.5) is 4.79 Å². The van der Waals surface area contributed by atoms with Gasteiger partial charge < -0.3 is 20.6 Å². The van der Waals surface area contributed by atoms with Gasteiger partial charge in [-0.1, -0.05) is 42.5 Å². The van der Waals surface area contributed by atoms with Crippen molar-refractivity contribution in [2.75, 3.05) is 26.2 Å². The third kappa shape index (κ3) is 4.12. The van der Waals surface area contributed by atoms with Crippen molar-refractivity contribution in [3.63, 3.8) is 0 Å². The Morgan fingerprint density at radius 2 is 1.86 bits per heavy atom. The number of carbonyl (C=O) groups is 2. The molecule has 0 spiro atoms. The smallest absolute Gasteiger partial charge is 0.315 e. The normalized spacial score (nSPS) is 18.7. The number of benzene rings is 2. The molecule has 0 fully saturated rings. The Hall–Kier alpha value is -2.86. The van der Waals surface area contributed by atoms with E-state index in [2.05, 4.69) is 22.8 Å². The highest BCUT2D eigenvalue weighted by Gasteiger charge is 2.30. The zero-order valence-corrected chi connectivity index (χ0v) is 16.4. The Labute approximate surface area is 170 Å². The summed E-state index contributed by atoms with van der Waals surface area (Å²) >= 11 is 0. The monoisotopic (exact) mass is 393 g/mol. The fourth-order valence-electron chi connectivity index (χ4n) is 4.49. The molecule has 2 unspecified atom stereocenters. The number of aliphatic hydroxyl groups is 1. The Balaban J connectivity index is 1.28. The largest absolute Gasteiger partial charge is 0.394 e. The van der Waals surface area contributed by atoms with Crippen molar-refractivity contribution in [1.82, 2.24) is 15.5 Å². The van der Waals surface area contributed by atoms with Gasteiger partial charge in [0.15, 0.2) is 0 Å². The van der Waals surface area contributed by atoms with E-state index in [4.69, 9.17) is 0 Å². The molecule has 0 bridgehead atoms. The number of aryl methyl sites for hydroxylation is 1. The van der Waals surface area contributed by atoms with Gasteiger partial charge in [0, 0.05) is 31.1 Å². The van der Waals surface area contributed by atoms with Crippen LogP contribution in [0.2, 0.25) is 0 Å². The summed E-state index contributed by atoms with van der Waals surface area (Å²) in [5.74, 6) is 0.145. The molecule has 1 heterocycles. The molecular formula is C23H27N3O3. The van der Waals surface area contributed by atoms with Crippen molar-refractivity contribution in [2.45, 2.75) is 31.2 Å². The second-order valence-electron chi connectivity index (χ2n) is 7.73. The summed E-state index contributed by atoms with van der Waals surface area (Å²) < 4.78 is 0. The van der Waals surface area contributed by atoms with E-state index < -0.39 is 0 Å². The molecule has 29 heavy (non-hydrogen) atoms. The van der Waals surface area contributed by atoms with E-state index in [0.717, 1.165) is 30.4 Å². The summed E-state index contributed by atoms with van der Waals surface area (Å²) in [4.78, 5) is 26.7. The fraction of sp³-hybridized carbons (Fsp3) is 0.391. The molecule has 2 aromatic rings. The highest BCUT2D eigenvalue weighted by atomic mass is 16.3. The fourth-order valence-corrected chi connectivity index (χ4v) is 4.49. The van der Waals surface area contributed by atoms with Gasteiger partial charge in [0.2, 0.25) is 0 Å². The van der Waals surface area contributed by atoms with Gasteiger partial charge in [0.1, 0.15) is 0 Å². The lowest BCUT2D eigenvalue weighted by molar-refractivity contribution is 0.0741. The molecule has 152 valence electrons. The van der Waals surface area contributed by atoms with Crippen LogP contribution in [-0.2, 0) is 12.8 Å². The van der Waals surface area contributed by atoms with E-state index in [1.165, 1.54) is 11.1 Å². The van der Waals surface area contributed by atoms with Gasteiger partial charge in [0.25, 0.3) is 5.91 Å². The van der Waals surface area contributed by atoms with Gasteiger partial charge in [-0.25, -0.2) is 4.79 Å². The van der Waals surface area contributed by atoms with Crippen LogP contribution in [0.25, 0.3) is 0 Å². The Kier molecular flexibility index (Phi) is 5.81. The van der Waals surface area contributed by atoms with Crippen LogP contribution in [0.15, 0.2) is 48.5 Å². The average molecular weight is 393 g/mol. The summed E-state index contributed by atoms with van der Waals surface area (Å²) in [6.45, 7) is 1.40. The van der Waals surface area contributed by atoms with E-state index in [0.29, 0.717) is 19.6 Å². The minimum atomic E-state index is -0.317. The SMILES string of the molecule is O=C(NCCN1CCc2ccccc2C1=O)NC(CO)C1CCc2ccccc21. The van der Waals surface area contributed by atoms with Crippen molar-refractivity contribution >= 4 is 11.9 Å². The van der Waals surface area contributed by atoms with E-state index in [9.17, 15) is 14.7 Å². The maximum Gasteiger partial charge on any atom is 0.315 e. The van der Waals surface area contributed by atoms with Crippen molar-refractivity contribution in [2.24, 2.45) is 0 Å². The summed E-state index contributed by atoms with van der Waals surface area (Å²) in [5.41, 5.74) is 4.34. The first-order valence-corrected chi connectivity index (χ1v) is 10.3. The van der Waals surface area contributed by atoms with Gasteiger partial charge >= 0.3 is 6.03 Å². The number of aliphatic hydroxyl groups excluding tert-OH is 1. The van der Waals surface area contributed by atoms with Gasteiger partial charge in [-0.2, -0.15) is 0 Å². The van der Waals surface area contributed by atoms with E-state index >= 15 is 0 Å². The lowest BCUT2D eigenvalue weighted by atomic mass is 9.93. The number of urea groups is 1. The number of rotatable bonds is 6. The molecule has 1 aliphatic heterocycles. The predicted molar refractivity (Wildman–Crippen MR) is 111 cm³/mol. The molecule has 4 rings (SSSR count). The quantitative estimate of drug-likeness (QED) is 0.703. The molecule has 2 aliphatic rings. The van der Waals surface area contributed by atoms with Crippen LogP contribution < -0.4 is 10.6 Å². The molecule has 2 atom stereocenters. The summed E-state index contributed by atoms with van der Waals surface area (Å²) in [5, 5.41) is 15.6. The number of amides is 3.